The van der Waals surface area contributed by atoms with Crippen LogP contribution in [0.2, 0.25) is 0 Å². The molecule has 0 atom stereocenters. The van der Waals surface area contributed by atoms with Crippen molar-refractivity contribution in [3.63, 3.8) is 0 Å². The standard InChI is InChI=1S/C16H21NO/c1-4-6-8-14(7-5-2)13-17-15-9-11-16(18-3)12-10-15/h6-13H,4-5H2,1-3H3/b8-6-,14-7+,17-13+. The highest BCUT2D eigenvalue weighted by atomic mass is 16.5. The number of hydrogen-bond donors (Lipinski definition) is 0. The van der Waals surface area contributed by atoms with E-state index in [2.05, 4.69) is 37.1 Å². The maximum absolute atomic E-state index is 5.11. The van der Waals surface area contributed by atoms with Crippen molar-refractivity contribution >= 4 is 11.9 Å². The largest absolute Gasteiger partial charge is 0.497 e. The van der Waals surface area contributed by atoms with Crippen molar-refractivity contribution in [2.75, 3.05) is 7.11 Å². The van der Waals surface area contributed by atoms with Crippen LogP contribution in [0.5, 0.6) is 5.75 Å². The van der Waals surface area contributed by atoms with Gasteiger partial charge in [0.15, 0.2) is 0 Å². The molecule has 0 amide bonds. The van der Waals surface area contributed by atoms with E-state index in [1.54, 1.807) is 7.11 Å². The molecule has 18 heavy (non-hydrogen) atoms. The molecule has 0 saturated carbocycles. The fourth-order valence-corrected chi connectivity index (χ4v) is 1.47. The van der Waals surface area contributed by atoms with Crippen LogP contribution >= 0.6 is 0 Å². The van der Waals surface area contributed by atoms with Crippen molar-refractivity contribution in [3.8, 4) is 5.75 Å². The van der Waals surface area contributed by atoms with Crippen molar-refractivity contribution in [1.29, 1.82) is 0 Å². The molecule has 0 aliphatic carbocycles. The Hall–Kier alpha value is -1.83. The summed E-state index contributed by atoms with van der Waals surface area (Å²) in [5, 5.41) is 0. The second-order valence-electron chi connectivity index (χ2n) is 3.88. The van der Waals surface area contributed by atoms with Crippen LogP contribution in [0.15, 0.2) is 53.1 Å². The van der Waals surface area contributed by atoms with Crippen molar-refractivity contribution in [2.45, 2.75) is 26.7 Å². The van der Waals surface area contributed by atoms with Crippen LogP contribution in [0.25, 0.3) is 0 Å². The van der Waals surface area contributed by atoms with Crippen molar-refractivity contribution in [3.05, 3.63) is 48.1 Å². The minimum Gasteiger partial charge on any atom is -0.497 e. The Labute approximate surface area is 110 Å². The molecule has 0 unspecified atom stereocenters. The first-order chi connectivity index (χ1) is 8.80. The van der Waals surface area contributed by atoms with E-state index in [-0.39, 0.29) is 0 Å². The maximum atomic E-state index is 5.11. The van der Waals surface area contributed by atoms with E-state index in [4.69, 9.17) is 4.74 Å². The van der Waals surface area contributed by atoms with Crippen molar-refractivity contribution in [1.82, 2.24) is 0 Å². The number of allylic oxidation sites excluding steroid dienone is 4. The van der Waals surface area contributed by atoms with E-state index < -0.39 is 0 Å². The molecule has 0 fully saturated rings. The Morgan fingerprint density at radius 1 is 1.17 bits per heavy atom. The Morgan fingerprint density at radius 3 is 2.44 bits per heavy atom. The van der Waals surface area contributed by atoms with Crippen LogP contribution in [0.3, 0.4) is 0 Å². The topological polar surface area (TPSA) is 21.6 Å². The van der Waals surface area contributed by atoms with Gasteiger partial charge in [0.25, 0.3) is 0 Å². The Balaban J connectivity index is 2.75. The summed E-state index contributed by atoms with van der Waals surface area (Å²) in [6.45, 7) is 4.25. The van der Waals surface area contributed by atoms with Gasteiger partial charge in [0.2, 0.25) is 0 Å². The average Bonchev–Trinajstić information content (AvgIpc) is 2.42. The first-order valence-corrected chi connectivity index (χ1v) is 6.35. The smallest absolute Gasteiger partial charge is 0.119 e. The van der Waals surface area contributed by atoms with Crippen LogP contribution in [-0.4, -0.2) is 13.3 Å². The van der Waals surface area contributed by atoms with Crippen LogP contribution in [-0.2, 0) is 0 Å². The molecule has 0 radical (unpaired) electrons. The van der Waals surface area contributed by atoms with E-state index in [9.17, 15) is 0 Å². The van der Waals surface area contributed by atoms with Crippen LogP contribution < -0.4 is 4.74 Å². The predicted molar refractivity (Wildman–Crippen MR) is 79.0 cm³/mol. The van der Waals surface area contributed by atoms with Gasteiger partial charge < -0.3 is 4.74 Å². The van der Waals surface area contributed by atoms with E-state index in [1.807, 2.05) is 30.5 Å². The second kappa shape index (κ2) is 8.29. The maximum Gasteiger partial charge on any atom is 0.119 e. The lowest BCUT2D eigenvalue weighted by Crippen LogP contribution is -1.82. The first-order valence-electron chi connectivity index (χ1n) is 6.35. The minimum absolute atomic E-state index is 0.851. The third-order valence-corrected chi connectivity index (χ3v) is 2.42. The molecule has 2 nitrogen and oxygen atoms in total. The van der Waals surface area contributed by atoms with Crippen molar-refractivity contribution < 1.29 is 4.74 Å². The first kappa shape index (κ1) is 14.2. The summed E-state index contributed by atoms with van der Waals surface area (Å²) in [5.74, 6) is 0.851. The lowest BCUT2D eigenvalue weighted by Gasteiger charge is -1.99. The number of ether oxygens (including phenoxy) is 1. The summed E-state index contributed by atoms with van der Waals surface area (Å²) >= 11 is 0. The molecular weight excluding hydrogens is 222 g/mol. The van der Waals surface area contributed by atoms with Gasteiger partial charge in [-0.05, 0) is 42.7 Å². The highest BCUT2D eigenvalue weighted by Crippen LogP contribution is 2.17. The molecule has 0 aliphatic heterocycles. The number of hydrogen-bond acceptors (Lipinski definition) is 2. The average molecular weight is 243 g/mol. The molecule has 0 aliphatic rings. The number of methoxy groups -OCH3 is 1. The Bertz CT molecular complexity index is 427. The van der Waals surface area contributed by atoms with Gasteiger partial charge in [-0.3, -0.25) is 4.99 Å². The molecule has 1 rings (SSSR count). The van der Waals surface area contributed by atoms with E-state index in [0.29, 0.717) is 0 Å². The lowest BCUT2D eigenvalue weighted by atomic mass is 10.2. The molecule has 2 heteroatoms. The van der Waals surface area contributed by atoms with Gasteiger partial charge in [-0.15, -0.1) is 0 Å². The van der Waals surface area contributed by atoms with Gasteiger partial charge >= 0.3 is 0 Å². The van der Waals surface area contributed by atoms with Gasteiger partial charge in [-0.1, -0.05) is 32.1 Å². The zero-order valence-corrected chi connectivity index (χ0v) is 11.4. The fourth-order valence-electron chi connectivity index (χ4n) is 1.47. The Morgan fingerprint density at radius 2 is 1.89 bits per heavy atom. The summed E-state index contributed by atoms with van der Waals surface area (Å²) < 4.78 is 5.11. The SMILES string of the molecule is CC\C=C/C(/C=N/c1ccc(OC)cc1)=C\CC. The zero-order chi connectivity index (χ0) is 13.2. The molecule has 0 heterocycles. The van der Waals surface area contributed by atoms with Crippen LogP contribution in [0.1, 0.15) is 26.7 Å². The summed E-state index contributed by atoms with van der Waals surface area (Å²) in [6, 6.07) is 7.72. The van der Waals surface area contributed by atoms with Gasteiger partial charge in [0.1, 0.15) is 5.75 Å². The molecule has 0 saturated heterocycles. The summed E-state index contributed by atoms with van der Waals surface area (Å²) in [7, 11) is 1.66. The van der Waals surface area contributed by atoms with Crippen LogP contribution in [0, 0.1) is 0 Å². The highest BCUT2D eigenvalue weighted by Gasteiger charge is 1.91. The summed E-state index contributed by atoms with van der Waals surface area (Å²) in [4.78, 5) is 4.45. The number of benzene rings is 1. The summed E-state index contributed by atoms with van der Waals surface area (Å²) in [6.07, 6.45) is 10.4. The number of aliphatic imine (C=N–C) groups is 1. The molecule has 1 aromatic carbocycles. The molecule has 0 spiro atoms. The summed E-state index contributed by atoms with van der Waals surface area (Å²) in [5.41, 5.74) is 2.08. The van der Waals surface area contributed by atoms with E-state index in [0.717, 1.165) is 29.9 Å². The monoisotopic (exact) mass is 243 g/mol. The van der Waals surface area contributed by atoms with E-state index >= 15 is 0 Å². The third kappa shape index (κ3) is 5.00. The minimum atomic E-state index is 0.851. The lowest BCUT2D eigenvalue weighted by molar-refractivity contribution is 0.415. The predicted octanol–water partition coefficient (Wildman–Crippen LogP) is 4.70. The second-order valence-corrected chi connectivity index (χ2v) is 3.88. The third-order valence-electron chi connectivity index (χ3n) is 2.42. The molecule has 1 aromatic rings. The molecule has 0 bridgehead atoms. The molecule has 96 valence electrons. The highest BCUT2D eigenvalue weighted by molar-refractivity contribution is 5.84. The van der Waals surface area contributed by atoms with Gasteiger partial charge in [-0.2, -0.15) is 0 Å². The van der Waals surface area contributed by atoms with Crippen molar-refractivity contribution in [2.24, 2.45) is 4.99 Å². The zero-order valence-electron chi connectivity index (χ0n) is 11.4. The van der Waals surface area contributed by atoms with Gasteiger partial charge in [0.05, 0.1) is 12.8 Å². The van der Waals surface area contributed by atoms with Gasteiger partial charge in [-0.25, -0.2) is 0 Å². The fraction of sp³-hybridized carbons (Fsp3) is 0.312. The molecular formula is C16H21NO. The molecule has 0 aromatic heterocycles. The molecule has 0 N–H and O–H groups in total. The van der Waals surface area contributed by atoms with Crippen LogP contribution in [0.4, 0.5) is 5.69 Å². The van der Waals surface area contributed by atoms with Gasteiger partial charge in [0, 0.05) is 6.21 Å². The van der Waals surface area contributed by atoms with E-state index in [1.165, 1.54) is 0 Å². The quantitative estimate of drug-likeness (QED) is 0.524. The number of rotatable bonds is 6. The number of nitrogens with zero attached hydrogens (tertiary/aromatic N) is 1. The normalized spacial score (nSPS) is 12.5. The Kier molecular flexibility index (Phi) is 6.55.